The first-order valence-corrected chi connectivity index (χ1v) is 7.02. The summed E-state index contributed by atoms with van der Waals surface area (Å²) < 4.78 is 2.13. The summed E-state index contributed by atoms with van der Waals surface area (Å²) in [5, 5.41) is 9.33. The Morgan fingerprint density at radius 3 is 2.71 bits per heavy atom. The average Bonchev–Trinajstić information content (AvgIpc) is 2.88. The molecule has 0 radical (unpaired) electrons. The van der Waals surface area contributed by atoms with E-state index in [2.05, 4.69) is 21.5 Å². The van der Waals surface area contributed by atoms with Crippen LogP contribution in [0.3, 0.4) is 0 Å². The van der Waals surface area contributed by atoms with Crippen LogP contribution in [-0.4, -0.2) is 19.6 Å². The second-order valence-corrected chi connectivity index (χ2v) is 5.06. The van der Waals surface area contributed by atoms with E-state index in [1.54, 1.807) is 24.5 Å². The highest BCUT2D eigenvalue weighted by atomic mass is 16.3. The van der Waals surface area contributed by atoms with Crippen molar-refractivity contribution in [1.82, 2.24) is 14.5 Å². The van der Waals surface area contributed by atoms with E-state index in [9.17, 15) is 5.11 Å². The molecule has 1 aromatic carbocycles. The summed E-state index contributed by atoms with van der Waals surface area (Å²) >= 11 is 0. The molecule has 0 amide bonds. The molecule has 0 fully saturated rings. The van der Waals surface area contributed by atoms with Gasteiger partial charge in [0.2, 0.25) is 0 Å². The zero-order chi connectivity index (χ0) is 14.8. The number of phenols is 1. The number of aromatic nitrogens is 3. The first-order valence-electron chi connectivity index (χ1n) is 7.02. The molecule has 0 bridgehead atoms. The Morgan fingerprint density at radius 1 is 1.24 bits per heavy atom. The number of aromatic hydroxyl groups is 1. The number of imidazole rings is 1. The molecule has 3 rings (SSSR count). The number of phenolic OH excluding ortho intramolecular Hbond substituents is 1. The van der Waals surface area contributed by atoms with Gasteiger partial charge in [-0.3, -0.25) is 4.98 Å². The molecule has 0 aliphatic heterocycles. The summed E-state index contributed by atoms with van der Waals surface area (Å²) in [5.74, 6) is 1.13. The number of pyridine rings is 1. The third-order valence-corrected chi connectivity index (χ3v) is 3.62. The van der Waals surface area contributed by atoms with Crippen LogP contribution in [-0.2, 0) is 13.0 Å². The Hall–Kier alpha value is -2.40. The first kappa shape index (κ1) is 13.6. The van der Waals surface area contributed by atoms with Gasteiger partial charge in [0.05, 0.1) is 17.8 Å². The van der Waals surface area contributed by atoms with Crippen LogP contribution in [0.5, 0.6) is 5.75 Å². The summed E-state index contributed by atoms with van der Waals surface area (Å²) in [4.78, 5) is 8.73. The highest BCUT2D eigenvalue weighted by Crippen LogP contribution is 2.22. The smallest absolute Gasteiger partial charge is 0.127 e. The summed E-state index contributed by atoms with van der Waals surface area (Å²) in [6, 6.07) is 8.89. The number of fused-ring (bicyclic) bond motifs is 1. The largest absolute Gasteiger partial charge is 0.508 e. The van der Waals surface area contributed by atoms with Crippen molar-refractivity contribution in [2.24, 2.45) is 5.73 Å². The molecule has 3 N–H and O–H groups in total. The maximum atomic E-state index is 9.33. The lowest BCUT2D eigenvalue weighted by molar-refractivity contribution is 0.475. The number of nitrogens with two attached hydrogens (primary N) is 1. The van der Waals surface area contributed by atoms with E-state index >= 15 is 0 Å². The molecule has 1 unspecified atom stereocenters. The number of hydrogen-bond donors (Lipinski definition) is 2. The molecular weight excluding hydrogens is 264 g/mol. The molecule has 0 saturated carbocycles. The minimum absolute atomic E-state index is 0.193. The Balaban J connectivity index is 1.93. The third kappa shape index (κ3) is 2.60. The molecule has 108 valence electrons. The first-order chi connectivity index (χ1) is 10.2. The van der Waals surface area contributed by atoms with Crippen molar-refractivity contribution >= 4 is 11.0 Å². The van der Waals surface area contributed by atoms with Crippen molar-refractivity contribution in [2.75, 3.05) is 0 Å². The van der Waals surface area contributed by atoms with E-state index in [4.69, 9.17) is 5.73 Å². The maximum Gasteiger partial charge on any atom is 0.127 e. The molecule has 0 aliphatic carbocycles. The Bertz CT molecular complexity index is 749. The van der Waals surface area contributed by atoms with E-state index in [0.29, 0.717) is 6.42 Å². The molecule has 21 heavy (non-hydrogen) atoms. The number of rotatable bonds is 4. The fourth-order valence-electron chi connectivity index (χ4n) is 2.59. The van der Waals surface area contributed by atoms with Crippen LogP contribution >= 0.6 is 0 Å². The van der Waals surface area contributed by atoms with Gasteiger partial charge in [-0.2, -0.15) is 0 Å². The van der Waals surface area contributed by atoms with E-state index in [-0.39, 0.29) is 11.8 Å². The van der Waals surface area contributed by atoms with Crippen LogP contribution < -0.4 is 5.73 Å². The van der Waals surface area contributed by atoms with E-state index in [1.807, 2.05) is 18.2 Å². The zero-order valence-corrected chi connectivity index (χ0v) is 11.9. The van der Waals surface area contributed by atoms with Crippen molar-refractivity contribution in [3.8, 4) is 5.75 Å². The van der Waals surface area contributed by atoms with Crippen LogP contribution in [0.1, 0.15) is 24.4 Å². The maximum absolute atomic E-state index is 9.33. The van der Waals surface area contributed by atoms with Crippen molar-refractivity contribution in [2.45, 2.75) is 25.9 Å². The molecular formula is C16H18N4O. The molecule has 0 saturated heterocycles. The lowest BCUT2D eigenvalue weighted by Gasteiger charge is -2.13. The molecule has 2 aromatic heterocycles. The number of benzene rings is 1. The molecule has 2 heterocycles. The summed E-state index contributed by atoms with van der Waals surface area (Å²) in [7, 11) is 0. The minimum atomic E-state index is -0.193. The molecule has 3 aromatic rings. The molecule has 1 atom stereocenters. The van der Waals surface area contributed by atoms with Gasteiger partial charge in [0.25, 0.3) is 0 Å². The summed E-state index contributed by atoms with van der Waals surface area (Å²) in [6.07, 6.45) is 4.21. The predicted octanol–water partition coefficient (Wildman–Crippen LogP) is 2.40. The molecule has 0 spiro atoms. The highest BCUT2D eigenvalue weighted by Gasteiger charge is 2.16. The molecule has 0 aliphatic rings. The van der Waals surface area contributed by atoms with Crippen molar-refractivity contribution in [3.63, 3.8) is 0 Å². The van der Waals surface area contributed by atoms with E-state index in [1.165, 1.54) is 0 Å². The van der Waals surface area contributed by atoms with Gasteiger partial charge in [0.15, 0.2) is 0 Å². The van der Waals surface area contributed by atoms with Gasteiger partial charge >= 0.3 is 0 Å². The van der Waals surface area contributed by atoms with Crippen molar-refractivity contribution < 1.29 is 5.11 Å². The standard InChI is InChI=1S/C16H18N4O/c1-2-20-15-7-8-18-10-14(15)19-16(20)13(17)9-11-3-5-12(21)6-4-11/h3-8,10,13,21H,2,9,17H2,1H3. The lowest BCUT2D eigenvalue weighted by atomic mass is 10.1. The second-order valence-electron chi connectivity index (χ2n) is 5.06. The van der Waals surface area contributed by atoms with Gasteiger partial charge in [0.1, 0.15) is 17.1 Å². The van der Waals surface area contributed by atoms with Gasteiger partial charge in [-0.1, -0.05) is 12.1 Å². The fraction of sp³-hybridized carbons (Fsp3) is 0.250. The quantitative estimate of drug-likeness (QED) is 0.770. The highest BCUT2D eigenvalue weighted by molar-refractivity contribution is 5.74. The number of hydrogen-bond acceptors (Lipinski definition) is 4. The fourth-order valence-corrected chi connectivity index (χ4v) is 2.59. The van der Waals surface area contributed by atoms with Crippen LogP contribution in [0, 0.1) is 0 Å². The Kier molecular flexibility index (Phi) is 3.58. The summed E-state index contributed by atoms with van der Waals surface area (Å²) in [6.45, 7) is 2.90. The van der Waals surface area contributed by atoms with Crippen LogP contribution in [0.25, 0.3) is 11.0 Å². The normalized spacial score (nSPS) is 12.7. The van der Waals surface area contributed by atoms with Gasteiger partial charge in [-0.25, -0.2) is 4.98 Å². The van der Waals surface area contributed by atoms with Crippen LogP contribution in [0.4, 0.5) is 0 Å². The predicted molar refractivity (Wildman–Crippen MR) is 81.9 cm³/mol. The van der Waals surface area contributed by atoms with Crippen LogP contribution in [0.2, 0.25) is 0 Å². The van der Waals surface area contributed by atoms with E-state index in [0.717, 1.165) is 29.0 Å². The topological polar surface area (TPSA) is 77.0 Å². The van der Waals surface area contributed by atoms with Crippen molar-refractivity contribution in [3.05, 3.63) is 54.1 Å². The van der Waals surface area contributed by atoms with Gasteiger partial charge < -0.3 is 15.4 Å². The van der Waals surface area contributed by atoms with Crippen LogP contribution in [0.15, 0.2) is 42.7 Å². The number of aryl methyl sites for hydroxylation is 1. The van der Waals surface area contributed by atoms with E-state index < -0.39 is 0 Å². The van der Waals surface area contributed by atoms with Gasteiger partial charge in [0, 0.05) is 12.7 Å². The number of nitrogens with zero attached hydrogens (tertiary/aromatic N) is 3. The molecule has 5 heteroatoms. The molecule has 5 nitrogen and oxygen atoms in total. The monoisotopic (exact) mass is 282 g/mol. The summed E-state index contributed by atoms with van der Waals surface area (Å²) in [5.41, 5.74) is 9.35. The van der Waals surface area contributed by atoms with Gasteiger partial charge in [-0.05, 0) is 37.1 Å². The lowest BCUT2D eigenvalue weighted by Crippen LogP contribution is -2.18. The SMILES string of the molecule is CCn1c(C(N)Cc2ccc(O)cc2)nc2cnccc21. The van der Waals surface area contributed by atoms with Crippen molar-refractivity contribution in [1.29, 1.82) is 0 Å². The minimum Gasteiger partial charge on any atom is -0.508 e. The Labute approximate surface area is 123 Å². The average molecular weight is 282 g/mol. The second kappa shape index (κ2) is 5.54. The Morgan fingerprint density at radius 2 is 2.00 bits per heavy atom. The zero-order valence-electron chi connectivity index (χ0n) is 11.9. The third-order valence-electron chi connectivity index (χ3n) is 3.62. The van der Waals surface area contributed by atoms with Gasteiger partial charge in [-0.15, -0.1) is 0 Å².